The van der Waals surface area contributed by atoms with Gasteiger partial charge in [0.05, 0.1) is 46.7 Å². The zero-order valence-electron chi connectivity index (χ0n) is 19.1. The van der Waals surface area contributed by atoms with E-state index in [2.05, 4.69) is 9.82 Å². The summed E-state index contributed by atoms with van der Waals surface area (Å²) in [6, 6.07) is 14.0. The highest BCUT2D eigenvalue weighted by molar-refractivity contribution is 7.89. The zero-order valence-corrected chi connectivity index (χ0v) is 22.1. The van der Waals surface area contributed by atoms with Crippen LogP contribution in [0.15, 0.2) is 70.7 Å². The van der Waals surface area contributed by atoms with Crippen molar-refractivity contribution in [3.8, 4) is 5.75 Å². The maximum Gasteiger partial charge on any atom is 0.416 e. The van der Waals surface area contributed by atoms with Gasteiger partial charge in [-0.15, -0.1) is 0 Å². The van der Waals surface area contributed by atoms with Crippen LogP contribution in [0.5, 0.6) is 5.75 Å². The molecule has 0 aliphatic carbocycles. The van der Waals surface area contributed by atoms with E-state index in [-0.39, 0.29) is 17.6 Å². The van der Waals surface area contributed by atoms with Crippen LogP contribution in [0.4, 0.5) is 18.9 Å². The monoisotopic (exact) mass is 591 g/mol. The first-order valence-corrected chi connectivity index (χ1v) is 13.3. The summed E-state index contributed by atoms with van der Waals surface area (Å²) < 4.78 is 72.6. The van der Waals surface area contributed by atoms with Crippen LogP contribution in [-0.2, 0) is 16.2 Å². The molecule has 13 heteroatoms. The minimum Gasteiger partial charge on any atom is -0.497 e. The summed E-state index contributed by atoms with van der Waals surface area (Å²) in [5.41, 5.74) is 0.706. The quantitative estimate of drug-likeness (QED) is 0.322. The number of hydrogen-bond acceptors (Lipinski definition) is 5. The predicted molar refractivity (Wildman–Crippen MR) is 138 cm³/mol. The fourth-order valence-electron chi connectivity index (χ4n) is 3.80. The second-order valence-electron chi connectivity index (χ2n) is 8.07. The fraction of sp³-hybridized carbons (Fsp3) is 0.208. The van der Waals surface area contributed by atoms with Crippen LogP contribution < -0.4 is 14.5 Å². The third kappa shape index (κ3) is 6.15. The molecule has 1 aliphatic heterocycles. The Balaban J connectivity index is 1.62. The minimum atomic E-state index is -4.73. The summed E-state index contributed by atoms with van der Waals surface area (Å²) in [4.78, 5) is -0.674. The Labute approximate surface area is 226 Å². The Hall–Kier alpha value is -2.50. The van der Waals surface area contributed by atoms with E-state index in [0.717, 1.165) is 17.7 Å². The Morgan fingerprint density at radius 1 is 1.03 bits per heavy atom. The molecule has 1 N–H and O–H groups in total. The van der Waals surface area contributed by atoms with Crippen LogP contribution in [0.2, 0.25) is 15.1 Å². The number of benzene rings is 3. The van der Waals surface area contributed by atoms with Crippen LogP contribution in [0, 0.1) is 0 Å². The smallest absolute Gasteiger partial charge is 0.416 e. The van der Waals surface area contributed by atoms with Crippen molar-refractivity contribution < 1.29 is 26.3 Å². The number of hydrogen-bond donors (Lipinski definition) is 1. The van der Waals surface area contributed by atoms with Gasteiger partial charge in [-0.2, -0.15) is 18.3 Å². The van der Waals surface area contributed by atoms with Crippen molar-refractivity contribution in [2.75, 3.05) is 18.7 Å². The molecule has 6 nitrogen and oxygen atoms in total. The van der Waals surface area contributed by atoms with E-state index in [1.807, 2.05) is 12.1 Å². The molecule has 1 unspecified atom stereocenters. The number of methoxy groups -OCH3 is 1. The number of anilines is 1. The van der Waals surface area contributed by atoms with E-state index in [1.54, 1.807) is 42.5 Å². The van der Waals surface area contributed by atoms with Gasteiger partial charge in [0.15, 0.2) is 0 Å². The fourth-order valence-corrected chi connectivity index (χ4v) is 5.83. The summed E-state index contributed by atoms with van der Waals surface area (Å²) in [6.07, 6.45) is -4.42. The first-order valence-electron chi connectivity index (χ1n) is 10.7. The van der Waals surface area contributed by atoms with Gasteiger partial charge in [-0.3, -0.25) is 5.01 Å². The van der Waals surface area contributed by atoms with Crippen LogP contribution in [0.1, 0.15) is 23.6 Å². The van der Waals surface area contributed by atoms with E-state index in [1.165, 1.54) is 0 Å². The molecule has 0 radical (unpaired) electrons. The van der Waals surface area contributed by atoms with Crippen molar-refractivity contribution in [2.24, 2.45) is 5.10 Å². The molecule has 4 rings (SSSR count). The van der Waals surface area contributed by atoms with Crippen molar-refractivity contribution in [1.29, 1.82) is 0 Å². The van der Waals surface area contributed by atoms with Crippen molar-refractivity contribution in [3.05, 3.63) is 86.9 Å². The second-order valence-corrected chi connectivity index (χ2v) is 11.1. The summed E-state index contributed by atoms with van der Waals surface area (Å²) >= 11 is 18.4. The first kappa shape index (κ1) is 27.5. The predicted octanol–water partition coefficient (Wildman–Crippen LogP) is 6.96. The van der Waals surface area contributed by atoms with Crippen molar-refractivity contribution in [1.82, 2.24) is 4.72 Å². The molecule has 1 heterocycles. The molecule has 0 spiro atoms. The molecule has 37 heavy (non-hydrogen) atoms. The lowest BCUT2D eigenvalue weighted by atomic mass is 10.0. The van der Waals surface area contributed by atoms with Gasteiger partial charge in [-0.1, -0.05) is 46.9 Å². The number of nitrogens with one attached hydrogen (secondary N) is 1. The van der Waals surface area contributed by atoms with Gasteiger partial charge in [-0.25, -0.2) is 13.1 Å². The average Bonchev–Trinajstić information content (AvgIpc) is 3.26. The molecule has 0 bridgehead atoms. The molecule has 0 saturated carbocycles. The lowest BCUT2D eigenvalue weighted by molar-refractivity contribution is -0.137. The number of rotatable bonds is 7. The highest BCUT2D eigenvalue weighted by Gasteiger charge is 2.34. The second kappa shape index (κ2) is 10.7. The number of nitrogens with zero attached hydrogens (tertiary/aromatic N) is 2. The minimum absolute atomic E-state index is 0.261. The number of hydrazone groups is 1. The van der Waals surface area contributed by atoms with E-state index < -0.39 is 26.7 Å². The topological polar surface area (TPSA) is 71.0 Å². The van der Waals surface area contributed by atoms with E-state index >= 15 is 0 Å². The van der Waals surface area contributed by atoms with Crippen LogP contribution in [0.25, 0.3) is 0 Å². The van der Waals surface area contributed by atoms with Gasteiger partial charge in [0.2, 0.25) is 10.0 Å². The summed E-state index contributed by atoms with van der Waals surface area (Å²) in [6.45, 7) is -0.261. The zero-order chi connectivity index (χ0) is 27.0. The highest BCUT2D eigenvalue weighted by Crippen LogP contribution is 2.40. The van der Waals surface area contributed by atoms with Gasteiger partial charge in [0.25, 0.3) is 0 Å². The van der Waals surface area contributed by atoms with E-state index in [0.29, 0.717) is 39.7 Å². The van der Waals surface area contributed by atoms with Crippen LogP contribution in [-0.4, -0.2) is 27.8 Å². The Morgan fingerprint density at radius 3 is 2.35 bits per heavy atom. The maximum atomic E-state index is 13.1. The Morgan fingerprint density at radius 2 is 1.73 bits per heavy atom. The summed E-state index contributed by atoms with van der Waals surface area (Å²) in [5, 5.41) is 6.67. The standard InChI is InChI=1S/C24H19Cl3F3N3O3S/c1-36-18-6-2-14(3-7-18)22-12-17(32-33(22)21-9-5-16(25)11-20(21)27)13-31-37(34,35)23-10-15(24(28,29)30)4-8-19(23)26/h2-11,22,31H,12-13H2,1H3. The largest absolute Gasteiger partial charge is 0.497 e. The lowest BCUT2D eigenvalue weighted by Crippen LogP contribution is -2.29. The molecule has 3 aromatic carbocycles. The van der Waals surface area contributed by atoms with Crippen LogP contribution in [0.3, 0.4) is 0 Å². The average molecular weight is 593 g/mol. The highest BCUT2D eigenvalue weighted by atomic mass is 35.5. The number of halogens is 6. The molecule has 196 valence electrons. The Bertz CT molecular complexity index is 1450. The molecule has 0 saturated heterocycles. The van der Waals surface area contributed by atoms with Crippen molar-refractivity contribution in [2.45, 2.75) is 23.5 Å². The van der Waals surface area contributed by atoms with Gasteiger partial charge in [0, 0.05) is 11.4 Å². The summed E-state index contributed by atoms with van der Waals surface area (Å²) in [5.74, 6) is 0.657. The maximum absolute atomic E-state index is 13.1. The van der Waals surface area contributed by atoms with E-state index in [9.17, 15) is 21.6 Å². The van der Waals surface area contributed by atoms with Crippen molar-refractivity contribution in [3.63, 3.8) is 0 Å². The number of alkyl halides is 3. The molecule has 0 fully saturated rings. The van der Waals surface area contributed by atoms with Gasteiger partial charge in [0.1, 0.15) is 10.6 Å². The lowest BCUT2D eigenvalue weighted by Gasteiger charge is -2.25. The molecule has 1 aliphatic rings. The molecule has 3 aromatic rings. The molecule has 0 aromatic heterocycles. The van der Waals surface area contributed by atoms with Crippen molar-refractivity contribution >= 4 is 56.2 Å². The summed E-state index contributed by atoms with van der Waals surface area (Å²) in [7, 11) is -2.84. The van der Waals surface area contributed by atoms with Gasteiger partial charge < -0.3 is 4.74 Å². The third-order valence-corrected chi connectivity index (χ3v) is 8.07. The van der Waals surface area contributed by atoms with Gasteiger partial charge >= 0.3 is 6.18 Å². The van der Waals surface area contributed by atoms with E-state index in [4.69, 9.17) is 39.5 Å². The van der Waals surface area contributed by atoms with Crippen LogP contribution >= 0.6 is 34.8 Å². The molecule has 0 amide bonds. The molecule has 1 atom stereocenters. The Kier molecular flexibility index (Phi) is 7.96. The van der Waals surface area contributed by atoms with Gasteiger partial charge in [-0.05, 0) is 54.1 Å². The SMILES string of the molecule is COc1ccc(C2CC(CNS(=O)(=O)c3cc(C(F)(F)F)ccc3Cl)=NN2c2ccc(Cl)cc2Cl)cc1. The number of ether oxygens (including phenoxy) is 1. The number of sulfonamides is 1. The first-order chi connectivity index (χ1) is 17.4. The molecular formula is C24H19Cl3F3N3O3S. The third-order valence-electron chi connectivity index (χ3n) is 5.64. The molecular weight excluding hydrogens is 574 g/mol. The normalized spacial score (nSPS) is 16.1.